The average molecular weight is 276 g/mol. The number of hydrogen-bond donors (Lipinski definition) is 1. The Morgan fingerprint density at radius 2 is 2.06 bits per heavy atom. The lowest BCUT2D eigenvalue weighted by Gasteiger charge is -2.34. The zero-order valence-electron chi connectivity index (χ0n) is 9.86. The van der Waals surface area contributed by atoms with Crippen molar-refractivity contribution < 1.29 is 14.7 Å². The molecular formula is C11H14ClNO3S. The van der Waals surface area contributed by atoms with E-state index in [9.17, 15) is 9.59 Å². The summed E-state index contributed by atoms with van der Waals surface area (Å²) in [6, 6.07) is 1.63. The van der Waals surface area contributed by atoms with Crippen LogP contribution in [0.15, 0.2) is 11.4 Å². The number of carboxylic acids is 1. The molecule has 0 aliphatic heterocycles. The van der Waals surface area contributed by atoms with Crippen molar-refractivity contribution in [2.24, 2.45) is 0 Å². The van der Waals surface area contributed by atoms with Crippen LogP contribution in [-0.4, -0.2) is 34.0 Å². The van der Waals surface area contributed by atoms with E-state index in [1.54, 1.807) is 32.2 Å². The fourth-order valence-corrected chi connectivity index (χ4v) is 2.40. The van der Waals surface area contributed by atoms with Crippen molar-refractivity contribution in [2.75, 3.05) is 6.54 Å². The third kappa shape index (κ3) is 3.44. The number of thiophene rings is 1. The molecule has 0 radical (unpaired) electrons. The molecule has 0 spiro atoms. The molecule has 1 amide bonds. The molecule has 0 unspecified atom stereocenters. The molecule has 1 rings (SSSR count). The second kappa shape index (κ2) is 5.06. The first-order valence-corrected chi connectivity index (χ1v) is 6.26. The number of carbonyl (C=O) groups is 2. The summed E-state index contributed by atoms with van der Waals surface area (Å²) in [6.07, 6.45) is 0. The van der Waals surface area contributed by atoms with E-state index in [0.29, 0.717) is 9.90 Å². The number of carbonyl (C=O) groups excluding carboxylic acids is 1. The fourth-order valence-electron chi connectivity index (χ4n) is 1.32. The highest BCUT2D eigenvalue weighted by atomic mass is 35.5. The van der Waals surface area contributed by atoms with Gasteiger partial charge in [0.2, 0.25) is 0 Å². The Kier molecular flexibility index (Phi) is 4.16. The van der Waals surface area contributed by atoms with Gasteiger partial charge in [-0.05, 0) is 32.2 Å². The Hall–Kier alpha value is -1.07. The summed E-state index contributed by atoms with van der Waals surface area (Å²) in [6.45, 7) is 5.02. The quantitative estimate of drug-likeness (QED) is 0.923. The van der Waals surface area contributed by atoms with E-state index >= 15 is 0 Å². The van der Waals surface area contributed by atoms with Crippen molar-refractivity contribution in [3.8, 4) is 0 Å². The van der Waals surface area contributed by atoms with Gasteiger partial charge in [-0.2, -0.15) is 0 Å². The predicted molar refractivity (Wildman–Crippen MR) is 67.8 cm³/mol. The van der Waals surface area contributed by atoms with Crippen LogP contribution >= 0.6 is 22.9 Å². The Morgan fingerprint density at radius 1 is 1.47 bits per heavy atom. The van der Waals surface area contributed by atoms with Crippen LogP contribution in [0.1, 0.15) is 30.4 Å². The molecule has 0 aromatic carbocycles. The van der Waals surface area contributed by atoms with Crippen molar-refractivity contribution in [1.82, 2.24) is 4.90 Å². The highest BCUT2D eigenvalue weighted by molar-refractivity contribution is 7.12. The van der Waals surface area contributed by atoms with Gasteiger partial charge >= 0.3 is 5.97 Å². The van der Waals surface area contributed by atoms with E-state index in [-0.39, 0.29) is 12.5 Å². The summed E-state index contributed by atoms with van der Waals surface area (Å²) >= 11 is 7.09. The average Bonchev–Trinajstić information content (AvgIpc) is 2.58. The molecule has 0 bridgehead atoms. The Morgan fingerprint density at radius 3 is 2.41 bits per heavy atom. The van der Waals surface area contributed by atoms with Crippen LogP contribution in [0.25, 0.3) is 0 Å². The summed E-state index contributed by atoms with van der Waals surface area (Å²) in [5.41, 5.74) is -0.567. The smallest absolute Gasteiger partial charge is 0.323 e. The molecule has 6 heteroatoms. The van der Waals surface area contributed by atoms with E-state index in [1.165, 1.54) is 16.2 Å². The van der Waals surface area contributed by atoms with Crippen molar-refractivity contribution in [2.45, 2.75) is 26.3 Å². The van der Waals surface area contributed by atoms with Crippen LogP contribution in [0.4, 0.5) is 0 Å². The van der Waals surface area contributed by atoms with Gasteiger partial charge in [0, 0.05) is 5.54 Å². The van der Waals surface area contributed by atoms with E-state index in [0.717, 1.165) is 0 Å². The molecule has 0 saturated heterocycles. The molecule has 0 atom stereocenters. The molecule has 4 nitrogen and oxygen atoms in total. The molecule has 1 N–H and O–H groups in total. The molecule has 1 aromatic heterocycles. The molecule has 94 valence electrons. The first-order chi connectivity index (χ1) is 7.73. The first kappa shape index (κ1) is 14.0. The number of amides is 1. The van der Waals surface area contributed by atoms with Crippen molar-refractivity contribution in [1.29, 1.82) is 0 Å². The summed E-state index contributed by atoms with van der Waals surface area (Å²) in [5, 5.41) is 10.9. The normalized spacial score (nSPS) is 11.3. The number of hydrogen-bond acceptors (Lipinski definition) is 3. The van der Waals surface area contributed by atoms with Crippen molar-refractivity contribution in [3.63, 3.8) is 0 Å². The lowest BCUT2D eigenvalue weighted by Crippen LogP contribution is -2.48. The maximum atomic E-state index is 12.2. The van der Waals surface area contributed by atoms with Crippen LogP contribution in [0.3, 0.4) is 0 Å². The fraction of sp³-hybridized carbons (Fsp3) is 0.455. The summed E-state index contributed by atoms with van der Waals surface area (Å²) in [7, 11) is 0. The molecule has 0 aliphatic carbocycles. The molecule has 0 saturated carbocycles. The number of halogens is 1. The van der Waals surface area contributed by atoms with Crippen LogP contribution in [0.5, 0.6) is 0 Å². The topological polar surface area (TPSA) is 57.6 Å². The zero-order chi connectivity index (χ0) is 13.2. The second-order valence-electron chi connectivity index (χ2n) is 4.55. The molecular weight excluding hydrogens is 262 g/mol. The molecule has 17 heavy (non-hydrogen) atoms. The third-order valence-corrected chi connectivity index (χ3v) is 3.49. The van der Waals surface area contributed by atoms with Gasteiger partial charge in [-0.15, -0.1) is 11.3 Å². The minimum atomic E-state index is -1.04. The van der Waals surface area contributed by atoms with Crippen LogP contribution in [-0.2, 0) is 4.79 Å². The van der Waals surface area contributed by atoms with Gasteiger partial charge < -0.3 is 10.0 Å². The van der Waals surface area contributed by atoms with Gasteiger partial charge in [0.1, 0.15) is 11.4 Å². The maximum Gasteiger partial charge on any atom is 0.323 e. The molecule has 0 aliphatic rings. The summed E-state index contributed by atoms with van der Waals surface area (Å²) in [4.78, 5) is 24.7. The number of rotatable bonds is 3. The van der Waals surface area contributed by atoms with Crippen molar-refractivity contribution >= 4 is 34.8 Å². The molecule has 1 heterocycles. The Balaban J connectivity index is 3.04. The van der Waals surface area contributed by atoms with Gasteiger partial charge in [-0.1, -0.05) is 11.6 Å². The highest BCUT2D eigenvalue weighted by Gasteiger charge is 2.30. The zero-order valence-corrected chi connectivity index (χ0v) is 11.4. The van der Waals surface area contributed by atoms with Gasteiger partial charge in [0.15, 0.2) is 0 Å². The van der Waals surface area contributed by atoms with E-state index in [2.05, 4.69) is 0 Å². The van der Waals surface area contributed by atoms with E-state index in [1.807, 2.05) is 0 Å². The van der Waals surface area contributed by atoms with Crippen LogP contribution < -0.4 is 0 Å². The Labute approximate surface area is 109 Å². The Bertz CT molecular complexity index is 436. The standard InChI is InChI=1S/C11H14ClNO3S/c1-11(2,3)13(6-8(14)15)10(16)9-7(12)4-5-17-9/h4-5H,6H2,1-3H3,(H,14,15). The minimum Gasteiger partial charge on any atom is -0.480 e. The van der Waals surface area contributed by atoms with Gasteiger partial charge in [0.05, 0.1) is 5.02 Å². The lowest BCUT2D eigenvalue weighted by atomic mass is 10.1. The second-order valence-corrected chi connectivity index (χ2v) is 5.88. The third-order valence-electron chi connectivity index (χ3n) is 2.16. The number of aliphatic carboxylic acids is 1. The van der Waals surface area contributed by atoms with Crippen LogP contribution in [0.2, 0.25) is 5.02 Å². The first-order valence-electron chi connectivity index (χ1n) is 5.00. The highest BCUT2D eigenvalue weighted by Crippen LogP contribution is 2.26. The summed E-state index contributed by atoms with van der Waals surface area (Å²) < 4.78 is 0. The molecule has 0 fully saturated rings. The van der Waals surface area contributed by atoms with Gasteiger partial charge in [0.25, 0.3) is 5.91 Å². The van der Waals surface area contributed by atoms with Crippen LogP contribution in [0, 0.1) is 0 Å². The summed E-state index contributed by atoms with van der Waals surface area (Å²) in [5.74, 6) is -1.39. The lowest BCUT2D eigenvalue weighted by molar-refractivity contribution is -0.138. The monoisotopic (exact) mass is 275 g/mol. The SMILES string of the molecule is CC(C)(C)N(CC(=O)O)C(=O)c1sccc1Cl. The maximum absolute atomic E-state index is 12.2. The largest absolute Gasteiger partial charge is 0.480 e. The molecule has 1 aromatic rings. The number of carboxylic acid groups (broad SMARTS) is 1. The van der Waals surface area contributed by atoms with E-state index < -0.39 is 11.5 Å². The minimum absolute atomic E-state index is 0.337. The van der Waals surface area contributed by atoms with Gasteiger partial charge in [-0.3, -0.25) is 9.59 Å². The predicted octanol–water partition coefficient (Wildman–Crippen LogP) is 2.73. The van der Waals surface area contributed by atoms with Crippen molar-refractivity contribution in [3.05, 3.63) is 21.3 Å². The van der Waals surface area contributed by atoms with E-state index in [4.69, 9.17) is 16.7 Å². The van der Waals surface area contributed by atoms with Gasteiger partial charge in [-0.25, -0.2) is 0 Å². The number of nitrogens with zero attached hydrogens (tertiary/aromatic N) is 1.